The molecule has 4 nitrogen and oxygen atoms in total. The van der Waals surface area contributed by atoms with E-state index in [2.05, 4.69) is 20.2 Å². The zero-order valence-corrected chi connectivity index (χ0v) is 9.24. The Morgan fingerprint density at radius 2 is 2.12 bits per heavy atom. The smallest absolute Gasteiger partial charge is 0.223 e. The van der Waals surface area contributed by atoms with Gasteiger partial charge in [-0.25, -0.2) is 14.4 Å². The fraction of sp³-hybridized carbons (Fsp3) is 0. The van der Waals surface area contributed by atoms with E-state index in [9.17, 15) is 4.39 Å². The van der Waals surface area contributed by atoms with Crippen LogP contribution in [0.15, 0.2) is 30.6 Å². The Morgan fingerprint density at radius 1 is 1.24 bits per heavy atom. The summed E-state index contributed by atoms with van der Waals surface area (Å²) in [6.07, 6.45) is 3.27. The van der Waals surface area contributed by atoms with Crippen LogP contribution in [0, 0.1) is 5.82 Å². The third-order valence-electron chi connectivity index (χ3n) is 2.42. The van der Waals surface area contributed by atoms with E-state index in [1.165, 1.54) is 6.07 Å². The summed E-state index contributed by atoms with van der Waals surface area (Å²) in [7, 11) is 0. The molecule has 0 saturated heterocycles. The van der Waals surface area contributed by atoms with Crippen LogP contribution >= 0.6 is 11.6 Å². The van der Waals surface area contributed by atoms with Gasteiger partial charge in [-0.05, 0) is 17.7 Å². The van der Waals surface area contributed by atoms with Gasteiger partial charge in [0.1, 0.15) is 11.3 Å². The van der Waals surface area contributed by atoms with Gasteiger partial charge in [0.05, 0.1) is 11.9 Å². The topological polar surface area (TPSA) is 54.5 Å². The van der Waals surface area contributed by atoms with Gasteiger partial charge in [-0.1, -0.05) is 12.1 Å². The van der Waals surface area contributed by atoms with Crippen LogP contribution in [0.1, 0.15) is 0 Å². The maximum atomic E-state index is 13.6. The second-order valence-electron chi connectivity index (χ2n) is 3.46. The average molecular weight is 249 g/mol. The average Bonchev–Trinajstić information content (AvgIpc) is 2.83. The highest BCUT2D eigenvalue weighted by Crippen LogP contribution is 2.27. The summed E-state index contributed by atoms with van der Waals surface area (Å²) in [5, 5.41) is 7.13. The number of aromatic nitrogens is 4. The van der Waals surface area contributed by atoms with E-state index in [0.717, 1.165) is 5.56 Å². The summed E-state index contributed by atoms with van der Waals surface area (Å²) in [6.45, 7) is 0. The molecular formula is C11H6ClFN4. The number of hydrogen-bond donors (Lipinski definition) is 1. The second-order valence-corrected chi connectivity index (χ2v) is 3.80. The molecule has 0 amide bonds. The molecule has 2 heterocycles. The summed E-state index contributed by atoms with van der Waals surface area (Å²) in [5.74, 6) is -0.420. The molecule has 0 saturated carbocycles. The van der Waals surface area contributed by atoms with Crippen molar-refractivity contribution >= 4 is 22.5 Å². The summed E-state index contributed by atoms with van der Waals surface area (Å²) in [4.78, 5) is 8.01. The minimum atomic E-state index is -0.420. The molecule has 17 heavy (non-hydrogen) atoms. The molecule has 0 bridgehead atoms. The van der Waals surface area contributed by atoms with Crippen LogP contribution in [-0.4, -0.2) is 20.2 Å². The zero-order chi connectivity index (χ0) is 11.8. The molecule has 0 spiro atoms. The number of halogens is 2. The van der Waals surface area contributed by atoms with E-state index in [-0.39, 0.29) is 10.8 Å². The van der Waals surface area contributed by atoms with E-state index < -0.39 is 5.82 Å². The Hall–Kier alpha value is -2.01. The Labute approximate surface area is 100 Å². The van der Waals surface area contributed by atoms with Gasteiger partial charge in [0.15, 0.2) is 0 Å². The predicted octanol–water partition coefficient (Wildman–Crippen LogP) is 2.81. The van der Waals surface area contributed by atoms with Gasteiger partial charge in [-0.3, -0.25) is 5.10 Å². The van der Waals surface area contributed by atoms with Gasteiger partial charge in [0, 0.05) is 17.1 Å². The molecule has 0 unspecified atom stereocenters. The molecule has 0 fully saturated rings. The van der Waals surface area contributed by atoms with E-state index in [1.807, 2.05) is 0 Å². The lowest BCUT2D eigenvalue weighted by molar-refractivity contribution is 0.636. The van der Waals surface area contributed by atoms with Gasteiger partial charge < -0.3 is 0 Å². The number of fused-ring (bicyclic) bond motifs is 1. The van der Waals surface area contributed by atoms with Crippen molar-refractivity contribution in [1.82, 2.24) is 20.2 Å². The van der Waals surface area contributed by atoms with Crippen LogP contribution in [0.3, 0.4) is 0 Å². The number of nitrogens with zero attached hydrogens (tertiary/aromatic N) is 3. The third kappa shape index (κ3) is 1.64. The highest BCUT2D eigenvalue weighted by atomic mass is 35.5. The molecule has 3 rings (SSSR count). The number of hydrogen-bond acceptors (Lipinski definition) is 3. The molecule has 0 atom stereocenters. The zero-order valence-electron chi connectivity index (χ0n) is 8.48. The first-order chi connectivity index (χ1) is 8.25. The normalized spacial score (nSPS) is 10.9. The van der Waals surface area contributed by atoms with Gasteiger partial charge in [0.25, 0.3) is 0 Å². The monoisotopic (exact) mass is 248 g/mol. The molecule has 0 aliphatic carbocycles. The quantitative estimate of drug-likeness (QED) is 0.674. The highest BCUT2D eigenvalue weighted by Gasteiger charge is 2.12. The van der Waals surface area contributed by atoms with Gasteiger partial charge in [-0.15, -0.1) is 0 Å². The number of para-hydroxylation sites is 1. The van der Waals surface area contributed by atoms with Crippen molar-refractivity contribution in [2.75, 3.05) is 0 Å². The molecule has 1 aromatic carbocycles. The van der Waals surface area contributed by atoms with Crippen molar-refractivity contribution in [2.24, 2.45) is 0 Å². The molecule has 0 aliphatic rings. The predicted molar refractivity (Wildman–Crippen MR) is 62.1 cm³/mol. The number of benzene rings is 1. The number of H-pyrrole nitrogens is 1. The van der Waals surface area contributed by atoms with E-state index in [0.29, 0.717) is 11.1 Å². The SMILES string of the molecule is Fc1cccc2c(-c3cn[nH]c3)nc(Cl)nc12. The summed E-state index contributed by atoms with van der Waals surface area (Å²) in [5.41, 5.74) is 1.52. The van der Waals surface area contributed by atoms with Gasteiger partial charge in [-0.2, -0.15) is 5.10 Å². The van der Waals surface area contributed by atoms with E-state index in [4.69, 9.17) is 11.6 Å². The summed E-state index contributed by atoms with van der Waals surface area (Å²) >= 11 is 5.79. The van der Waals surface area contributed by atoms with Crippen LogP contribution in [0.25, 0.3) is 22.2 Å². The van der Waals surface area contributed by atoms with Crippen molar-refractivity contribution in [2.45, 2.75) is 0 Å². The summed E-state index contributed by atoms with van der Waals surface area (Å²) in [6, 6.07) is 4.69. The molecule has 0 aliphatic heterocycles. The second kappa shape index (κ2) is 3.78. The lowest BCUT2D eigenvalue weighted by Crippen LogP contribution is -1.92. The van der Waals surface area contributed by atoms with Crippen molar-refractivity contribution in [1.29, 1.82) is 0 Å². The van der Waals surface area contributed by atoms with Crippen LogP contribution in [0.4, 0.5) is 4.39 Å². The minimum Gasteiger partial charge on any atom is -0.285 e. The van der Waals surface area contributed by atoms with Crippen LogP contribution < -0.4 is 0 Å². The lowest BCUT2D eigenvalue weighted by atomic mass is 10.1. The van der Waals surface area contributed by atoms with Gasteiger partial charge in [0.2, 0.25) is 5.28 Å². The van der Waals surface area contributed by atoms with Crippen molar-refractivity contribution < 1.29 is 4.39 Å². The van der Waals surface area contributed by atoms with Crippen molar-refractivity contribution in [3.05, 3.63) is 41.7 Å². The van der Waals surface area contributed by atoms with Crippen LogP contribution in [0.5, 0.6) is 0 Å². The third-order valence-corrected chi connectivity index (χ3v) is 2.59. The van der Waals surface area contributed by atoms with Crippen molar-refractivity contribution in [3.8, 4) is 11.3 Å². The Bertz CT molecular complexity index is 681. The fourth-order valence-electron chi connectivity index (χ4n) is 1.69. The molecule has 84 valence electrons. The first-order valence-corrected chi connectivity index (χ1v) is 5.24. The lowest BCUT2D eigenvalue weighted by Gasteiger charge is -2.04. The standard InChI is InChI=1S/C11H6ClFN4/c12-11-16-9(6-4-14-15-5-6)7-2-1-3-8(13)10(7)17-11/h1-5H,(H,14,15). The Kier molecular flexibility index (Phi) is 2.26. The fourth-order valence-corrected chi connectivity index (χ4v) is 1.86. The van der Waals surface area contributed by atoms with E-state index >= 15 is 0 Å². The Morgan fingerprint density at radius 3 is 2.88 bits per heavy atom. The molecule has 1 N–H and O–H groups in total. The van der Waals surface area contributed by atoms with Crippen molar-refractivity contribution in [3.63, 3.8) is 0 Å². The molecule has 2 aromatic heterocycles. The first-order valence-electron chi connectivity index (χ1n) is 4.86. The molecule has 6 heteroatoms. The van der Waals surface area contributed by atoms with Crippen LogP contribution in [0.2, 0.25) is 5.28 Å². The first kappa shape index (κ1) is 10.2. The maximum absolute atomic E-state index is 13.6. The number of aromatic amines is 1. The molecule has 3 aromatic rings. The maximum Gasteiger partial charge on any atom is 0.223 e. The Balaban J connectivity index is 2.42. The molecule has 0 radical (unpaired) electrons. The largest absolute Gasteiger partial charge is 0.285 e. The van der Waals surface area contributed by atoms with Crippen LogP contribution in [-0.2, 0) is 0 Å². The minimum absolute atomic E-state index is 0.0128. The highest BCUT2D eigenvalue weighted by molar-refractivity contribution is 6.28. The summed E-state index contributed by atoms with van der Waals surface area (Å²) < 4.78 is 13.6. The number of nitrogens with one attached hydrogen (secondary N) is 1. The number of rotatable bonds is 1. The van der Waals surface area contributed by atoms with E-state index in [1.54, 1.807) is 24.5 Å². The van der Waals surface area contributed by atoms with Gasteiger partial charge >= 0.3 is 0 Å². The molecular weight excluding hydrogens is 243 g/mol.